The molecule has 0 radical (unpaired) electrons. The first-order valence-corrected chi connectivity index (χ1v) is 7.44. The van der Waals surface area contributed by atoms with Crippen LogP contribution in [0, 0.1) is 0 Å². The van der Waals surface area contributed by atoms with Gasteiger partial charge < -0.3 is 9.80 Å². The fourth-order valence-electron chi connectivity index (χ4n) is 2.61. The predicted molar refractivity (Wildman–Crippen MR) is 95.5 cm³/mol. The van der Waals surface area contributed by atoms with E-state index in [4.69, 9.17) is 0 Å². The zero-order chi connectivity index (χ0) is 15.4. The second-order valence-corrected chi connectivity index (χ2v) is 5.39. The van der Waals surface area contributed by atoms with Gasteiger partial charge in [0, 0.05) is 25.5 Å². The molecule has 0 atom stereocenters. The van der Waals surface area contributed by atoms with E-state index in [1.165, 1.54) is 11.4 Å². The fourth-order valence-corrected chi connectivity index (χ4v) is 2.61. The lowest BCUT2D eigenvalue weighted by molar-refractivity contribution is 1.12. The molecule has 0 unspecified atom stereocenters. The molecule has 3 aromatic carbocycles. The molecule has 0 amide bonds. The first kappa shape index (κ1) is 14.2. The second kappa shape index (κ2) is 6.35. The summed E-state index contributed by atoms with van der Waals surface area (Å²) in [6.07, 6.45) is 0. The number of benzene rings is 3. The maximum Gasteiger partial charge on any atom is 0.0695 e. The lowest BCUT2D eigenvalue weighted by atomic mass is 10.1. The van der Waals surface area contributed by atoms with Crippen LogP contribution in [0.2, 0.25) is 0 Å². The van der Waals surface area contributed by atoms with Gasteiger partial charge in [0.2, 0.25) is 0 Å². The van der Waals surface area contributed by atoms with Gasteiger partial charge in [-0.25, -0.2) is 0 Å². The first-order chi connectivity index (χ1) is 10.8. The zero-order valence-electron chi connectivity index (χ0n) is 13.0. The molecule has 22 heavy (non-hydrogen) atoms. The van der Waals surface area contributed by atoms with E-state index in [2.05, 4.69) is 96.7 Å². The number of nitrogens with zero attached hydrogens (tertiary/aromatic N) is 2. The van der Waals surface area contributed by atoms with Gasteiger partial charge in [0.1, 0.15) is 0 Å². The van der Waals surface area contributed by atoms with E-state index >= 15 is 0 Å². The summed E-state index contributed by atoms with van der Waals surface area (Å²) in [5.41, 5.74) is 4.67. The fraction of sp³-hybridized carbons (Fsp3) is 0.100. The average molecular weight is 288 g/mol. The van der Waals surface area contributed by atoms with Gasteiger partial charge in [-0.15, -0.1) is 0 Å². The van der Waals surface area contributed by atoms with Gasteiger partial charge in [-0.2, -0.15) is 0 Å². The lowest BCUT2D eigenvalue weighted by Crippen LogP contribution is -2.16. The van der Waals surface area contributed by atoms with E-state index in [9.17, 15) is 0 Å². The molecule has 3 rings (SSSR count). The van der Waals surface area contributed by atoms with Gasteiger partial charge in [0.05, 0.1) is 11.4 Å². The van der Waals surface area contributed by atoms with E-state index in [1.54, 1.807) is 0 Å². The van der Waals surface area contributed by atoms with Crippen molar-refractivity contribution in [2.24, 2.45) is 0 Å². The lowest BCUT2D eigenvalue weighted by Gasteiger charge is -2.29. The largest absolute Gasteiger partial charge is 0.376 e. The number of para-hydroxylation sites is 4. The average Bonchev–Trinajstić information content (AvgIpc) is 2.57. The zero-order valence-corrected chi connectivity index (χ0v) is 13.0. The molecule has 2 heteroatoms. The monoisotopic (exact) mass is 288 g/mol. The normalized spacial score (nSPS) is 10.3. The topological polar surface area (TPSA) is 6.48 Å². The second-order valence-electron chi connectivity index (χ2n) is 5.39. The summed E-state index contributed by atoms with van der Waals surface area (Å²) in [5, 5.41) is 0. The highest BCUT2D eigenvalue weighted by molar-refractivity contribution is 5.84. The molecule has 0 fully saturated rings. The van der Waals surface area contributed by atoms with Crippen molar-refractivity contribution in [1.29, 1.82) is 0 Å². The molecule has 0 heterocycles. The summed E-state index contributed by atoms with van der Waals surface area (Å²) in [6, 6.07) is 29.4. The minimum atomic E-state index is 1.16. The Morgan fingerprint density at radius 1 is 0.500 bits per heavy atom. The van der Waals surface area contributed by atoms with Crippen LogP contribution < -0.4 is 9.80 Å². The van der Waals surface area contributed by atoms with Crippen molar-refractivity contribution in [2.75, 3.05) is 23.9 Å². The maximum absolute atomic E-state index is 2.29. The maximum atomic E-state index is 2.29. The molecular weight excluding hydrogens is 268 g/mol. The Morgan fingerprint density at radius 3 is 1.36 bits per heavy atom. The molecule has 110 valence electrons. The van der Waals surface area contributed by atoms with Crippen molar-refractivity contribution < 1.29 is 0 Å². The molecule has 0 saturated carbocycles. The van der Waals surface area contributed by atoms with Crippen LogP contribution in [-0.4, -0.2) is 14.1 Å². The van der Waals surface area contributed by atoms with E-state index in [0.29, 0.717) is 0 Å². The molecular formula is C20H20N2. The minimum Gasteiger partial charge on any atom is -0.376 e. The SMILES string of the molecule is CN(C)c1ccccc1N(c1ccccc1)c1ccccc1. The van der Waals surface area contributed by atoms with E-state index in [-0.39, 0.29) is 0 Å². The Balaban J connectivity index is 2.19. The molecule has 0 aliphatic carbocycles. The van der Waals surface area contributed by atoms with Gasteiger partial charge in [-0.05, 0) is 36.4 Å². The van der Waals surface area contributed by atoms with Gasteiger partial charge in [-0.1, -0.05) is 48.5 Å². The van der Waals surface area contributed by atoms with Crippen molar-refractivity contribution in [3.63, 3.8) is 0 Å². The summed E-state index contributed by atoms with van der Waals surface area (Å²) in [4.78, 5) is 4.43. The third kappa shape index (κ3) is 2.82. The van der Waals surface area contributed by atoms with Gasteiger partial charge >= 0.3 is 0 Å². The third-order valence-electron chi connectivity index (χ3n) is 3.63. The first-order valence-electron chi connectivity index (χ1n) is 7.44. The van der Waals surface area contributed by atoms with E-state index in [1.807, 2.05) is 12.1 Å². The smallest absolute Gasteiger partial charge is 0.0695 e. The highest BCUT2D eigenvalue weighted by Crippen LogP contribution is 2.39. The molecule has 0 aliphatic heterocycles. The molecule has 2 nitrogen and oxygen atoms in total. The van der Waals surface area contributed by atoms with Crippen LogP contribution in [0.1, 0.15) is 0 Å². The van der Waals surface area contributed by atoms with E-state index in [0.717, 1.165) is 11.4 Å². The molecule has 0 N–H and O–H groups in total. The van der Waals surface area contributed by atoms with Crippen molar-refractivity contribution in [1.82, 2.24) is 0 Å². The van der Waals surface area contributed by atoms with Crippen molar-refractivity contribution in [3.05, 3.63) is 84.9 Å². The molecule has 0 aliphatic rings. The van der Waals surface area contributed by atoms with Crippen LogP contribution in [0.4, 0.5) is 22.7 Å². The Hall–Kier alpha value is -2.74. The Kier molecular flexibility index (Phi) is 4.10. The van der Waals surface area contributed by atoms with Crippen LogP contribution in [0.3, 0.4) is 0 Å². The Morgan fingerprint density at radius 2 is 0.909 bits per heavy atom. The van der Waals surface area contributed by atoms with Gasteiger partial charge in [0.25, 0.3) is 0 Å². The highest BCUT2D eigenvalue weighted by Gasteiger charge is 2.15. The number of rotatable bonds is 4. The minimum absolute atomic E-state index is 1.16. The highest BCUT2D eigenvalue weighted by atomic mass is 15.2. The summed E-state index contributed by atoms with van der Waals surface area (Å²) in [5.74, 6) is 0. The van der Waals surface area contributed by atoms with Crippen LogP contribution in [0.25, 0.3) is 0 Å². The van der Waals surface area contributed by atoms with Crippen molar-refractivity contribution in [3.8, 4) is 0 Å². The number of hydrogen-bond acceptors (Lipinski definition) is 2. The molecule has 0 saturated heterocycles. The molecule has 3 aromatic rings. The standard InChI is InChI=1S/C20H20N2/c1-21(2)19-15-9-10-16-20(19)22(17-11-5-3-6-12-17)18-13-7-4-8-14-18/h3-16H,1-2H3. The summed E-state index contributed by atoms with van der Waals surface area (Å²) in [6.45, 7) is 0. The number of hydrogen-bond donors (Lipinski definition) is 0. The number of anilines is 4. The Bertz CT molecular complexity index is 681. The third-order valence-corrected chi connectivity index (χ3v) is 3.63. The Labute approximate surface area is 132 Å². The molecule has 0 aromatic heterocycles. The van der Waals surface area contributed by atoms with Gasteiger partial charge in [0.15, 0.2) is 0 Å². The van der Waals surface area contributed by atoms with E-state index < -0.39 is 0 Å². The van der Waals surface area contributed by atoms with Crippen LogP contribution in [-0.2, 0) is 0 Å². The summed E-state index contributed by atoms with van der Waals surface area (Å²) >= 11 is 0. The predicted octanol–water partition coefficient (Wildman–Crippen LogP) is 5.22. The summed E-state index contributed by atoms with van der Waals surface area (Å²) < 4.78 is 0. The van der Waals surface area contributed by atoms with Crippen LogP contribution in [0.15, 0.2) is 84.9 Å². The quantitative estimate of drug-likeness (QED) is 0.649. The van der Waals surface area contributed by atoms with Crippen LogP contribution in [0.5, 0.6) is 0 Å². The molecule has 0 spiro atoms. The molecule has 0 bridgehead atoms. The van der Waals surface area contributed by atoms with Crippen LogP contribution >= 0.6 is 0 Å². The van der Waals surface area contributed by atoms with Gasteiger partial charge in [-0.3, -0.25) is 0 Å². The van der Waals surface area contributed by atoms with Crippen molar-refractivity contribution in [2.45, 2.75) is 0 Å². The van der Waals surface area contributed by atoms with Crippen molar-refractivity contribution >= 4 is 22.7 Å². The summed E-state index contributed by atoms with van der Waals surface area (Å²) in [7, 11) is 4.15.